The molecule has 0 amide bonds. The van der Waals surface area contributed by atoms with Crippen LogP contribution in [0.15, 0.2) is 61.1 Å². The van der Waals surface area contributed by atoms with Gasteiger partial charge in [0.15, 0.2) is 11.6 Å². The number of anilines is 2. The average molecular weight is 352 g/mol. The van der Waals surface area contributed by atoms with Crippen LogP contribution in [0, 0.1) is 5.82 Å². The Morgan fingerprint density at radius 2 is 1.80 bits per heavy atom. The predicted octanol–water partition coefficient (Wildman–Crippen LogP) is 4.62. The zero-order valence-corrected chi connectivity index (χ0v) is 13.6. The zero-order valence-electron chi connectivity index (χ0n) is 12.8. The first-order valence-corrected chi connectivity index (χ1v) is 7.84. The summed E-state index contributed by atoms with van der Waals surface area (Å²) >= 11 is 6.00. The molecule has 4 rings (SSSR count). The molecule has 3 aromatic heterocycles. The Labute approximate surface area is 147 Å². The molecule has 0 radical (unpaired) electrons. The summed E-state index contributed by atoms with van der Waals surface area (Å²) in [4.78, 5) is 17.2. The van der Waals surface area contributed by atoms with E-state index in [9.17, 15) is 4.39 Å². The molecule has 122 valence electrons. The van der Waals surface area contributed by atoms with Crippen LogP contribution in [-0.2, 0) is 0 Å². The van der Waals surface area contributed by atoms with Crippen LogP contribution >= 0.6 is 11.6 Å². The summed E-state index contributed by atoms with van der Waals surface area (Å²) in [5.74, 6) is 0.269. The zero-order chi connectivity index (χ0) is 17.2. The molecule has 0 aliphatic rings. The molecule has 0 spiro atoms. The number of pyridine rings is 2. The van der Waals surface area contributed by atoms with Crippen molar-refractivity contribution in [3.05, 3.63) is 71.9 Å². The maximum Gasteiger partial charge on any atom is 0.165 e. The van der Waals surface area contributed by atoms with Crippen LogP contribution in [0.5, 0.6) is 0 Å². The molecule has 4 aromatic rings. The quantitative estimate of drug-likeness (QED) is 0.583. The Hall–Kier alpha value is -3.12. The fraction of sp³-hybridized carbons (Fsp3) is 0. The van der Waals surface area contributed by atoms with Crippen LogP contribution in [0.1, 0.15) is 0 Å². The van der Waals surface area contributed by atoms with E-state index in [1.54, 1.807) is 42.9 Å². The van der Waals surface area contributed by atoms with Crippen LogP contribution in [-0.4, -0.2) is 19.9 Å². The van der Waals surface area contributed by atoms with Gasteiger partial charge in [0.2, 0.25) is 0 Å². The van der Waals surface area contributed by atoms with E-state index >= 15 is 0 Å². The number of halogens is 2. The molecular formula is C18H11ClFN5. The summed E-state index contributed by atoms with van der Waals surface area (Å²) in [5, 5.41) is 3.59. The van der Waals surface area contributed by atoms with E-state index in [1.807, 2.05) is 0 Å². The Bertz CT molecular complexity index is 1060. The minimum absolute atomic E-state index is 0.232. The second-order valence-electron chi connectivity index (χ2n) is 5.25. The van der Waals surface area contributed by atoms with E-state index in [1.165, 1.54) is 18.2 Å². The predicted molar refractivity (Wildman–Crippen MR) is 95.3 cm³/mol. The van der Waals surface area contributed by atoms with Gasteiger partial charge < -0.3 is 5.32 Å². The summed E-state index contributed by atoms with van der Waals surface area (Å²) in [6.07, 6.45) is 4.98. The summed E-state index contributed by atoms with van der Waals surface area (Å²) in [7, 11) is 0. The van der Waals surface area contributed by atoms with Gasteiger partial charge in [-0.3, -0.25) is 9.97 Å². The Balaban J connectivity index is 1.91. The van der Waals surface area contributed by atoms with Crippen molar-refractivity contribution in [1.29, 1.82) is 0 Å². The highest BCUT2D eigenvalue weighted by molar-refractivity contribution is 6.30. The van der Waals surface area contributed by atoms with Crippen LogP contribution in [0.25, 0.3) is 22.4 Å². The van der Waals surface area contributed by atoms with Crippen molar-refractivity contribution in [2.24, 2.45) is 0 Å². The summed E-state index contributed by atoms with van der Waals surface area (Å²) in [6, 6.07) is 11.5. The fourth-order valence-corrected chi connectivity index (χ4v) is 2.59. The maximum absolute atomic E-state index is 14.2. The topological polar surface area (TPSA) is 63.6 Å². The van der Waals surface area contributed by atoms with E-state index in [4.69, 9.17) is 11.6 Å². The third kappa shape index (κ3) is 3.12. The van der Waals surface area contributed by atoms with Crippen LogP contribution in [0.4, 0.5) is 15.9 Å². The lowest BCUT2D eigenvalue weighted by molar-refractivity contribution is 0.630. The number of nitrogens with one attached hydrogen (secondary N) is 1. The highest BCUT2D eigenvalue weighted by atomic mass is 35.5. The van der Waals surface area contributed by atoms with E-state index in [-0.39, 0.29) is 11.4 Å². The van der Waals surface area contributed by atoms with Gasteiger partial charge in [-0.2, -0.15) is 0 Å². The molecule has 0 atom stereocenters. The molecule has 0 aliphatic heterocycles. The Morgan fingerprint density at radius 3 is 2.64 bits per heavy atom. The van der Waals surface area contributed by atoms with Crippen molar-refractivity contribution < 1.29 is 4.39 Å². The van der Waals surface area contributed by atoms with E-state index in [2.05, 4.69) is 25.3 Å². The molecule has 0 saturated heterocycles. The molecule has 7 heteroatoms. The Morgan fingerprint density at radius 1 is 0.960 bits per heavy atom. The normalized spacial score (nSPS) is 10.8. The van der Waals surface area contributed by atoms with E-state index in [0.717, 1.165) is 5.69 Å². The lowest BCUT2D eigenvalue weighted by Gasteiger charge is -2.10. The minimum atomic E-state index is -0.442. The summed E-state index contributed by atoms with van der Waals surface area (Å²) in [5.41, 5.74) is 2.21. The molecular weight excluding hydrogens is 341 g/mol. The lowest BCUT2D eigenvalue weighted by atomic mass is 10.2. The van der Waals surface area contributed by atoms with Crippen molar-refractivity contribution in [2.75, 3.05) is 5.32 Å². The lowest BCUT2D eigenvalue weighted by Crippen LogP contribution is -2.01. The van der Waals surface area contributed by atoms with E-state index < -0.39 is 5.82 Å². The molecule has 0 bridgehead atoms. The maximum atomic E-state index is 14.2. The number of hydrogen-bond acceptors (Lipinski definition) is 5. The number of rotatable bonds is 3. The molecule has 0 saturated carbocycles. The first-order valence-electron chi connectivity index (χ1n) is 7.46. The van der Waals surface area contributed by atoms with E-state index in [0.29, 0.717) is 21.9 Å². The van der Waals surface area contributed by atoms with Crippen molar-refractivity contribution in [1.82, 2.24) is 19.9 Å². The van der Waals surface area contributed by atoms with Gasteiger partial charge in [-0.15, -0.1) is 0 Å². The van der Waals surface area contributed by atoms with Gasteiger partial charge in [-0.1, -0.05) is 11.6 Å². The average Bonchev–Trinajstić information content (AvgIpc) is 2.64. The third-order valence-electron chi connectivity index (χ3n) is 3.57. The molecule has 0 unspecified atom stereocenters. The first-order chi connectivity index (χ1) is 12.2. The van der Waals surface area contributed by atoms with Gasteiger partial charge in [0.05, 0.1) is 11.1 Å². The van der Waals surface area contributed by atoms with Gasteiger partial charge in [-0.05, 0) is 42.5 Å². The number of hydrogen-bond donors (Lipinski definition) is 1. The summed E-state index contributed by atoms with van der Waals surface area (Å²) in [6.45, 7) is 0. The minimum Gasteiger partial charge on any atom is -0.338 e. The molecule has 0 aliphatic carbocycles. The molecule has 0 fully saturated rings. The fourth-order valence-electron chi connectivity index (χ4n) is 2.42. The largest absolute Gasteiger partial charge is 0.338 e. The monoisotopic (exact) mass is 351 g/mol. The first kappa shape index (κ1) is 15.4. The molecule has 3 heterocycles. The van der Waals surface area contributed by atoms with Gasteiger partial charge in [-0.25, -0.2) is 14.4 Å². The SMILES string of the molecule is Fc1ccc(Cl)cc1-c1nc(Nc2ccncc2)c2ncccc2n1. The number of aromatic nitrogens is 4. The van der Waals surface area contributed by atoms with Gasteiger partial charge in [0.1, 0.15) is 11.3 Å². The van der Waals surface area contributed by atoms with Gasteiger partial charge in [0, 0.05) is 29.3 Å². The van der Waals surface area contributed by atoms with Crippen LogP contribution in [0.3, 0.4) is 0 Å². The standard InChI is InChI=1S/C18H11ClFN5/c19-11-3-4-14(20)13(10-11)17-24-15-2-1-7-22-16(15)18(25-17)23-12-5-8-21-9-6-12/h1-10H,(H,21,23,24,25). The van der Waals surface area contributed by atoms with Crippen molar-refractivity contribution >= 4 is 34.1 Å². The molecule has 5 nitrogen and oxygen atoms in total. The van der Waals surface area contributed by atoms with Gasteiger partial charge in [0.25, 0.3) is 0 Å². The van der Waals surface area contributed by atoms with Gasteiger partial charge >= 0.3 is 0 Å². The third-order valence-corrected chi connectivity index (χ3v) is 3.80. The molecule has 1 N–H and O–H groups in total. The second kappa shape index (κ2) is 6.41. The highest BCUT2D eigenvalue weighted by Gasteiger charge is 2.14. The van der Waals surface area contributed by atoms with Crippen LogP contribution < -0.4 is 5.32 Å². The Kier molecular flexibility index (Phi) is 3.95. The highest BCUT2D eigenvalue weighted by Crippen LogP contribution is 2.28. The smallest absolute Gasteiger partial charge is 0.165 e. The number of benzene rings is 1. The van der Waals surface area contributed by atoms with Crippen molar-refractivity contribution in [3.8, 4) is 11.4 Å². The second-order valence-corrected chi connectivity index (χ2v) is 5.69. The molecule has 1 aromatic carbocycles. The van der Waals surface area contributed by atoms with Crippen molar-refractivity contribution in [3.63, 3.8) is 0 Å². The number of fused-ring (bicyclic) bond motifs is 1. The summed E-state index contributed by atoms with van der Waals surface area (Å²) < 4.78 is 14.2. The van der Waals surface area contributed by atoms with Crippen molar-refractivity contribution in [2.45, 2.75) is 0 Å². The molecule has 25 heavy (non-hydrogen) atoms. The number of nitrogens with zero attached hydrogens (tertiary/aromatic N) is 4. The van der Waals surface area contributed by atoms with Crippen LogP contribution in [0.2, 0.25) is 5.02 Å².